The molecular weight excluding hydrogens is 442 g/mol. The van der Waals surface area contributed by atoms with Gasteiger partial charge in [-0.3, -0.25) is 4.79 Å². The predicted octanol–water partition coefficient (Wildman–Crippen LogP) is 5.42. The van der Waals surface area contributed by atoms with Crippen LogP contribution in [0.3, 0.4) is 0 Å². The molecule has 0 bridgehead atoms. The van der Waals surface area contributed by atoms with E-state index in [0.29, 0.717) is 5.03 Å². The lowest BCUT2D eigenvalue weighted by Crippen LogP contribution is -2.07. The zero-order chi connectivity index (χ0) is 22.3. The highest BCUT2D eigenvalue weighted by atomic mass is 32.2. The number of esters is 1. The Morgan fingerprint density at radius 3 is 2.53 bits per heavy atom. The number of ether oxygens (including phenoxy) is 2. The number of aromatic nitrogens is 3. The third-order valence-corrected chi connectivity index (χ3v) is 6.69. The van der Waals surface area contributed by atoms with Crippen molar-refractivity contribution in [3.63, 3.8) is 0 Å². The highest BCUT2D eigenvalue weighted by molar-refractivity contribution is 7.99. The molecule has 8 heteroatoms. The zero-order valence-electron chi connectivity index (χ0n) is 17.6. The van der Waals surface area contributed by atoms with Crippen LogP contribution in [0.15, 0.2) is 71.8 Å². The summed E-state index contributed by atoms with van der Waals surface area (Å²) in [6.45, 7) is 2.22. The van der Waals surface area contributed by atoms with Crippen LogP contribution in [-0.4, -0.2) is 34.0 Å². The zero-order valence-corrected chi connectivity index (χ0v) is 19.3. The fourth-order valence-corrected chi connectivity index (χ4v) is 4.67. The normalized spacial score (nSPS) is 10.7. The van der Waals surface area contributed by atoms with E-state index in [2.05, 4.69) is 10.2 Å². The molecule has 0 N–H and O–H groups in total. The maximum Gasteiger partial charge on any atom is 0.316 e. The Labute approximate surface area is 194 Å². The number of nitrogens with zero attached hydrogens (tertiary/aromatic N) is 3. The molecule has 0 aliphatic carbocycles. The van der Waals surface area contributed by atoms with Gasteiger partial charge in [-0.25, -0.2) is 4.98 Å². The van der Waals surface area contributed by atoms with E-state index in [1.165, 1.54) is 11.8 Å². The van der Waals surface area contributed by atoms with Gasteiger partial charge in [0, 0.05) is 0 Å². The monoisotopic (exact) mass is 463 g/mol. The molecule has 0 amide bonds. The van der Waals surface area contributed by atoms with Crippen molar-refractivity contribution in [1.82, 2.24) is 15.2 Å². The van der Waals surface area contributed by atoms with Gasteiger partial charge in [-0.05, 0) is 36.8 Å². The van der Waals surface area contributed by atoms with Gasteiger partial charge in [0.05, 0.1) is 29.0 Å². The second kappa shape index (κ2) is 10.4. The molecule has 4 rings (SSSR count). The molecule has 2 aromatic heterocycles. The molecule has 0 atom stereocenters. The van der Waals surface area contributed by atoms with Gasteiger partial charge in [0.1, 0.15) is 28.1 Å². The molecule has 0 spiro atoms. The summed E-state index contributed by atoms with van der Waals surface area (Å²) < 4.78 is 10.8. The van der Waals surface area contributed by atoms with Crippen molar-refractivity contribution >= 4 is 29.1 Å². The maximum absolute atomic E-state index is 12.0. The maximum atomic E-state index is 12.0. The van der Waals surface area contributed by atoms with Crippen LogP contribution in [0.2, 0.25) is 0 Å². The topological polar surface area (TPSA) is 74.2 Å². The van der Waals surface area contributed by atoms with Crippen molar-refractivity contribution in [3.05, 3.63) is 78.0 Å². The van der Waals surface area contributed by atoms with Gasteiger partial charge in [0.2, 0.25) is 0 Å². The summed E-state index contributed by atoms with van der Waals surface area (Å²) in [4.78, 5) is 17.7. The lowest BCUT2D eigenvalue weighted by Gasteiger charge is -2.05. The number of hydrogen-bond acceptors (Lipinski definition) is 8. The quantitative estimate of drug-likeness (QED) is 0.255. The van der Waals surface area contributed by atoms with Crippen molar-refractivity contribution in [2.75, 3.05) is 12.9 Å². The molecule has 2 heterocycles. The molecule has 2 aromatic carbocycles. The Balaban J connectivity index is 1.38. The summed E-state index contributed by atoms with van der Waals surface area (Å²) in [5.74, 6) is 0.674. The van der Waals surface area contributed by atoms with E-state index in [0.717, 1.165) is 38.1 Å². The van der Waals surface area contributed by atoms with Crippen LogP contribution in [0.5, 0.6) is 5.75 Å². The van der Waals surface area contributed by atoms with Gasteiger partial charge in [-0.15, -0.1) is 21.5 Å². The summed E-state index contributed by atoms with van der Waals surface area (Å²) in [7, 11) is 1.65. The van der Waals surface area contributed by atoms with Crippen LogP contribution in [0.1, 0.15) is 11.3 Å². The Morgan fingerprint density at radius 2 is 1.78 bits per heavy atom. The molecule has 162 valence electrons. The third kappa shape index (κ3) is 5.33. The first kappa shape index (κ1) is 22.0. The Hall–Kier alpha value is -3.23. The van der Waals surface area contributed by atoms with Crippen molar-refractivity contribution < 1.29 is 14.3 Å². The summed E-state index contributed by atoms with van der Waals surface area (Å²) in [6, 6.07) is 21.2. The number of rotatable bonds is 8. The second-order valence-corrected chi connectivity index (χ2v) is 8.82. The summed E-state index contributed by atoms with van der Waals surface area (Å²) in [5.41, 5.74) is 3.54. The number of para-hydroxylation sites is 1. The van der Waals surface area contributed by atoms with E-state index in [-0.39, 0.29) is 18.3 Å². The second-order valence-electron chi connectivity index (χ2n) is 6.83. The molecule has 0 aliphatic rings. The number of hydrogen-bond donors (Lipinski definition) is 0. The first-order valence-corrected chi connectivity index (χ1v) is 11.7. The van der Waals surface area contributed by atoms with Crippen molar-refractivity contribution in [1.29, 1.82) is 0 Å². The molecule has 0 unspecified atom stereocenters. The molecule has 0 saturated heterocycles. The summed E-state index contributed by atoms with van der Waals surface area (Å²) in [5, 5.41) is 10.1. The van der Waals surface area contributed by atoms with Crippen LogP contribution in [0.4, 0.5) is 0 Å². The predicted molar refractivity (Wildman–Crippen MR) is 127 cm³/mol. The van der Waals surface area contributed by atoms with Crippen molar-refractivity contribution in [2.45, 2.75) is 18.6 Å². The lowest BCUT2D eigenvalue weighted by molar-refractivity contribution is -0.141. The third-order valence-electron chi connectivity index (χ3n) is 4.59. The average molecular weight is 464 g/mol. The molecule has 4 aromatic rings. The van der Waals surface area contributed by atoms with Crippen molar-refractivity contribution in [2.24, 2.45) is 0 Å². The van der Waals surface area contributed by atoms with Crippen LogP contribution in [0.25, 0.3) is 21.1 Å². The van der Waals surface area contributed by atoms with E-state index >= 15 is 0 Å². The molecule has 6 nitrogen and oxygen atoms in total. The molecule has 32 heavy (non-hydrogen) atoms. The van der Waals surface area contributed by atoms with Crippen LogP contribution in [-0.2, 0) is 16.1 Å². The number of carbonyl (C=O) groups is 1. The number of thioether (sulfide) groups is 1. The molecule has 0 radical (unpaired) electrons. The van der Waals surface area contributed by atoms with E-state index < -0.39 is 0 Å². The average Bonchev–Trinajstić information content (AvgIpc) is 3.23. The Kier molecular flexibility index (Phi) is 7.14. The standard InChI is InChI=1S/C24H21N3O3S2/c1-16-23(32-24(25-16)18-10-6-7-11-20(18)29-2)19-12-13-21(27-26-19)31-15-22(28)30-14-17-8-4-3-5-9-17/h3-13H,14-15H2,1-2H3. The minimum absolute atomic E-state index is 0.179. The Morgan fingerprint density at radius 1 is 1.00 bits per heavy atom. The van der Waals surface area contributed by atoms with Crippen LogP contribution >= 0.6 is 23.1 Å². The fraction of sp³-hybridized carbons (Fsp3) is 0.167. The van der Waals surface area contributed by atoms with E-state index in [1.54, 1.807) is 18.4 Å². The number of methoxy groups -OCH3 is 1. The smallest absolute Gasteiger partial charge is 0.316 e. The molecule has 0 aliphatic heterocycles. The largest absolute Gasteiger partial charge is 0.496 e. The molecule has 0 saturated carbocycles. The summed E-state index contributed by atoms with van der Waals surface area (Å²) in [6.07, 6.45) is 0. The first-order chi connectivity index (χ1) is 15.6. The summed E-state index contributed by atoms with van der Waals surface area (Å²) >= 11 is 2.85. The minimum atomic E-state index is -0.288. The first-order valence-electron chi connectivity index (χ1n) is 9.91. The number of thiazole rings is 1. The van der Waals surface area contributed by atoms with Gasteiger partial charge in [-0.2, -0.15) is 0 Å². The van der Waals surface area contributed by atoms with Crippen molar-refractivity contribution in [3.8, 4) is 26.9 Å². The fourth-order valence-electron chi connectivity index (χ4n) is 3.00. The highest BCUT2D eigenvalue weighted by Crippen LogP contribution is 2.38. The lowest BCUT2D eigenvalue weighted by atomic mass is 10.2. The van der Waals surface area contributed by atoms with Gasteiger partial charge in [-0.1, -0.05) is 54.2 Å². The number of benzene rings is 2. The van der Waals surface area contributed by atoms with E-state index in [9.17, 15) is 4.79 Å². The Bertz CT molecular complexity index is 1190. The van der Waals surface area contributed by atoms with Crippen LogP contribution in [0, 0.1) is 6.92 Å². The van der Waals surface area contributed by atoms with E-state index in [1.807, 2.05) is 73.7 Å². The minimum Gasteiger partial charge on any atom is -0.496 e. The highest BCUT2D eigenvalue weighted by Gasteiger charge is 2.16. The number of carbonyl (C=O) groups excluding carboxylic acids is 1. The molecule has 0 fully saturated rings. The van der Waals surface area contributed by atoms with Gasteiger partial charge in [0.25, 0.3) is 0 Å². The van der Waals surface area contributed by atoms with Crippen LogP contribution < -0.4 is 4.74 Å². The van der Waals surface area contributed by atoms with Gasteiger partial charge < -0.3 is 9.47 Å². The SMILES string of the molecule is COc1ccccc1-c1nc(C)c(-c2ccc(SCC(=O)OCc3ccccc3)nn2)s1. The van der Waals surface area contributed by atoms with E-state index in [4.69, 9.17) is 14.5 Å². The molecular formula is C24H21N3O3S2. The van der Waals surface area contributed by atoms with Gasteiger partial charge >= 0.3 is 5.97 Å². The number of aryl methyl sites for hydroxylation is 1. The van der Waals surface area contributed by atoms with Gasteiger partial charge in [0.15, 0.2) is 0 Å².